The van der Waals surface area contributed by atoms with Crippen LogP contribution in [-0.2, 0) is 0 Å². The number of nitrogens with two attached hydrogens (primary N) is 1. The van der Waals surface area contributed by atoms with E-state index in [0.29, 0.717) is 27.2 Å². The minimum atomic E-state index is -0.982. The zero-order valence-electron chi connectivity index (χ0n) is 12.5. The first kappa shape index (κ1) is 17.2. The number of anilines is 5. The van der Waals surface area contributed by atoms with Crippen LogP contribution in [0.15, 0.2) is 42.7 Å². The van der Waals surface area contributed by atoms with Gasteiger partial charge < -0.3 is 16.4 Å². The summed E-state index contributed by atoms with van der Waals surface area (Å²) in [6.07, 6.45) is 1.27. The summed E-state index contributed by atoms with van der Waals surface area (Å²) in [5.41, 5.74) is 7.10. The molecule has 1 heterocycles. The van der Waals surface area contributed by atoms with E-state index in [4.69, 9.17) is 28.9 Å². The van der Waals surface area contributed by atoms with E-state index >= 15 is 0 Å². The fourth-order valence-corrected chi connectivity index (χ4v) is 2.59. The summed E-state index contributed by atoms with van der Waals surface area (Å²) in [4.78, 5) is 8.07. The van der Waals surface area contributed by atoms with Gasteiger partial charge in [0.2, 0.25) is 0 Å². The maximum atomic E-state index is 13.3. The van der Waals surface area contributed by atoms with Crippen molar-refractivity contribution >= 4 is 51.9 Å². The lowest BCUT2D eigenvalue weighted by atomic mass is 10.3. The van der Waals surface area contributed by atoms with E-state index in [9.17, 15) is 8.78 Å². The molecule has 25 heavy (non-hydrogen) atoms. The van der Waals surface area contributed by atoms with Crippen LogP contribution in [0, 0.1) is 11.6 Å². The summed E-state index contributed by atoms with van der Waals surface area (Å²) in [5.74, 6) is -1.39. The van der Waals surface area contributed by atoms with E-state index in [2.05, 4.69) is 20.6 Å². The fraction of sp³-hybridized carbons (Fsp3) is 0. The van der Waals surface area contributed by atoms with Crippen LogP contribution in [0.3, 0.4) is 0 Å². The molecule has 0 aliphatic rings. The van der Waals surface area contributed by atoms with Crippen LogP contribution in [0.4, 0.5) is 37.5 Å². The predicted molar refractivity (Wildman–Crippen MR) is 95.8 cm³/mol. The van der Waals surface area contributed by atoms with E-state index in [0.717, 1.165) is 12.1 Å². The maximum absolute atomic E-state index is 13.3. The van der Waals surface area contributed by atoms with Crippen molar-refractivity contribution in [1.82, 2.24) is 9.97 Å². The first-order valence-corrected chi connectivity index (χ1v) is 7.73. The summed E-state index contributed by atoms with van der Waals surface area (Å²) >= 11 is 11.9. The molecule has 0 saturated carbocycles. The number of benzene rings is 2. The second-order valence-corrected chi connectivity index (χ2v) is 5.89. The van der Waals surface area contributed by atoms with Crippen molar-refractivity contribution in [2.24, 2.45) is 0 Å². The van der Waals surface area contributed by atoms with Crippen LogP contribution < -0.4 is 16.4 Å². The van der Waals surface area contributed by atoms with Gasteiger partial charge in [-0.15, -0.1) is 0 Å². The minimum absolute atomic E-state index is 0.184. The highest BCUT2D eigenvalue weighted by Crippen LogP contribution is 2.30. The predicted octanol–water partition coefficient (Wildman–Crippen LogP) is 5.13. The van der Waals surface area contributed by atoms with Crippen LogP contribution >= 0.6 is 23.2 Å². The monoisotopic (exact) mass is 381 g/mol. The van der Waals surface area contributed by atoms with E-state index in [1.54, 1.807) is 18.2 Å². The van der Waals surface area contributed by atoms with Gasteiger partial charge in [-0.1, -0.05) is 23.2 Å². The molecule has 0 radical (unpaired) electrons. The van der Waals surface area contributed by atoms with Gasteiger partial charge in [0.05, 0.1) is 0 Å². The number of aromatic nitrogens is 2. The first-order chi connectivity index (χ1) is 11.9. The van der Waals surface area contributed by atoms with Crippen molar-refractivity contribution in [3.8, 4) is 0 Å². The molecule has 0 spiro atoms. The summed E-state index contributed by atoms with van der Waals surface area (Å²) < 4.78 is 26.3. The number of hydrogen-bond donors (Lipinski definition) is 3. The fourth-order valence-electron chi connectivity index (χ4n) is 2.07. The van der Waals surface area contributed by atoms with Crippen molar-refractivity contribution in [2.75, 3.05) is 16.4 Å². The third kappa shape index (κ3) is 4.07. The van der Waals surface area contributed by atoms with Gasteiger partial charge in [0, 0.05) is 27.5 Å². The van der Waals surface area contributed by atoms with Gasteiger partial charge in [-0.25, -0.2) is 18.7 Å². The highest BCUT2D eigenvalue weighted by molar-refractivity contribution is 6.35. The Balaban J connectivity index is 1.87. The average Bonchev–Trinajstić information content (AvgIpc) is 2.54. The molecule has 0 unspecified atom stereocenters. The van der Waals surface area contributed by atoms with Crippen LogP contribution in [0.25, 0.3) is 0 Å². The van der Waals surface area contributed by atoms with Gasteiger partial charge in [-0.3, -0.25) is 0 Å². The number of halogens is 4. The van der Waals surface area contributed by atoms with Crippen LogP contribution in [-0.4, -0.2) is 9.97 Å². The number of nitrogens with one attached hydrogen (secondary N) is 2. The van der Waals surface area contributed by atoms with Crippen LogP contribution in [0.2, 0.25) is 10.0 Å². The highest BCUT2D eigenvalue weighted by Gasteiger charge is 2.11. The van der Waals surface area contributed by atoms with Gasteiger partial charge in [0.25, 0.3) is 0 Å². The van der Waals surface area contributed by atoms with Crippen LogP contribution in [0.5, 0.6) is 0 Å². The zero-order valence-corrected chi connectivity index (χ0v) is 14.0. The lowest BCUT2D eigenvalue weighted by Crippen LogP contribution is -2.05. The Hall–Kier alpha value is -2.64. The Bertz CT molecular complexity index is 916. The molecular formula is C16H11Cl2F2N5. The Morgan fingerprint density at radius 2 is 1.40 bits per heavy atom. The van der Waals surface area contributed by atoms with Gasteiger partial charge in [0.15, 0.2) is 23.3 Å². The first-order valence-electron chi connectivity index (χ1n) is 6.98. The highest BCUT2D eigenvalue weighted by atomic mass is 35.5. The molecule has 0 saturated heterocycles. The van der Waals surface area contributed by atoms with Gasteiger partial charge in [-0.05, 0) is 30.3 Å². The number of hydrogen-bond acceptors (Lipinski definition) is 5. The maximum Gasteiger partial charge on any atom is 0.160 e. The molecule has 5 nitrogen and oxygen atoms in total. The Kier molecular flexibility index (Phi) is 4.87. The molecule has 0 aliphatic carbocycles. The molecular weight excluding hydrogens is 371 g/mol. The lowest BCUT2D eigenvalue weighted by molar-refractivity contribution is 0.509. The molecule has 4 N–H and O–H groups in total. The normalized spacial score (nSPS) is 10.6. The molecule has 3 rings (SSSR count). The molecule has 9 heteroatoms. The standard InChI is InChI=1S/C16H11Cl2F2N5/c17-8-3-9(18)5-11(4-8)25-16-14(21)15(22-7-23-16)24-10-1-2-12(19)13(20)6-10/h1-7H,21H2,(H2,22,23,24,25). The van der Waals surface area contributed by atoms with Crippen molar-refractivity contribution in [1.29, 1.82) is 0 Å². The molecule has 0 aliphatic heterocycles. The Morgan fingerprint density at radius 3 is 2.00 bits per heavy atom. The molecule has 0 bridgehead atoms. The van der Waals surface area contributed by atoms with Crippen molar-refractivity contribution < 1.29 is 8.78 Å². The number of nitrogens with zero attached hydrogens (tertiary/aromatic N) is 2. The lowest BCUT2D eigenvalue weighted by Gasteiger charge is -2.13. The van der Waals surface area contributed by atoms with E-state index in [-0.39, 0.29) is 11.5 Å². The van der Waals surface area contributed by atoms with E-state index in [1.807, 2.05) is 0 Å². The average molecular weight is 382 g/mol. The molecule has 0 fully saturated rings. The SMILES string of the molecule is Nc1c(Nc2cc(Cl)cc(Cl)c2)ncnc1Nc1ccc(F)c(F)c1. The third-order valence-electron chi connectivity index (χ3n) is 3.19. The minimum Gasteiger partial charge on any atom is -0.393 e. The summed E-state index contributed by atoms with van der Waals surface area (Å²) in [5, 5.41) is 6.69. The largest absolute Gasteiger partial charge is 0.393 e. The summed E-state index contributed by atoms with van der Waals surface area (Å²) in [7, 11) is 0. The molecule has 0 atom stereocenters. The van der Waals surface area contributed by atoms with Crippen molar-refractivity contribution in [2.45, 2.75) is 0 Å². The quantitative estimate of drug-likeness (QED) is 0.583. The van der Waals surface area contributed by atoms with E-state index in [1.165, 1.54) is 12.4 Å². The van der Waals surface area contributed by atoms with Crippen LogP contribution in [0.1, 0.15) is 0 Å². The smallest absolute Gasteiger partial charge is 0.160 e. The summed E-state index contributed by atoms with van der Waals surface area (Å²) in [6.45, 7) is 0. The van der Waals surface area contributed by atoms with Crippen molar-refractivity contribution in [3.05, 3.63) is 64.4 Å². The molecule has 1 aromatic heterocycles. The van der Waals surface area contributed by atoms with Gasteiger partial charge in [0.1, 0.15) is 12.0 Å². The van der Waals surface area contributed by atoms with Gasteiger partial charge in [-0.2, -0.15) is 0 Å². The van der Waals surface area contributed by atoms with Crippen molar-refractivity contribution in [3.63, 3.8) is 0 Å². The molecule has 128 valence electrons. The Labute approximate surface area is 151 Å². The number of rotatable bonds is 4. The van der Waals surface area contributed by atoms with Gasteiger partial charge >= 0.3 is 0 Å². The summed E-state index contributed by atoms with van der Waals surface area (Å²) in [6, 6.07) is 8.26. The molecule has 3 aromatic rings. The molecule has 2 aromatic carbocycles. The third-order valence-corrected chi connectivity index (χ3v) is 3.63. The zero-order chi connectivity index (χ0) is 18.0. The Morgan fingerprint density at radius 1 is 0.800 bits per heavy atom. The molecule has 0 amide bonds. The second kappa shape index (κ2) is 7.08. The van der Waals surface area contributed by atoms with E-state index < -0.39 is 11.6 Å². The topological polar surface area (TPSA) is 75.9 Å². The second-order valence-electron chi connectivity index (χ2n) is 5.02. The number of nitrogen functional groups attached to an aromatic ring is 1.